The number of nitrogens with zero attached hydrogens (tertiary/aromatic N) is 2. The maximum absolute atomic E-state index is 14.8. The van der Waals surface area contributed by atoms with Gasteiger partial charge in [0, 0.05) is 35.8 Å². The average molecular weight is 798 g/mol. The van der Waals surface area contributed by atoms with E-state index in [0.717, 1.165) is 50.7 Å². The van der Waals surface area contributed by atoms with E-state index in [9.17, 15) is 36.4 Å². The monoisotopic (exact) mass is 797 g/mol. The van der Waals surface area contributed by atoms with Crippen LogP contribution in [0.3, 0.4) is 0 Å². The number of ketones is 1. The molecule has 6 aliphatic rings. The number of benzene rings is 1. The molecular formula is C42H53F2N3O8S. The SMILES string of the molecule is C.Cc1nc2cc(F)c(F)cc2c2c1O[C@]1(CC2)C[C@H]2C(=O)C[C@]3(C(=O)NS(=O)(=O)C4(C)CC4)C[C@H]3/C=C\CCCCC[C@H](CC(=O)OC3CCC3)C(=O)N2C1. The van der Waals surface area contributed by atoms with Gasteiger partial charge in [-0.2, -0.15) is 0 Å². The Balaban J connectivity index is 0.00000480. The lowest BCUT2D eigenvalue weighted by atomic mass is 9.85. The van der Waals surface area contributed by atoms with Crippen molar-refractivity contribution in [2.75, 3.05) is 6.54 Å². The lowest BCUT2D eigenvalue weighted by molar-refractivity contribution is -0.157. The van der Waals surface area contributed by atoms with Gasteiger partial charge in [-0.3, -0.25) is 23.9 Å². The van der Waals surface area contributed by atoms with Crippen LogP contribution in [-0.4, -0.2) is 70.9 Å². The molecule has 5 atom stereocenters. The molecule has 4 heterocycles. The van der Waals surface area contributed by atoms with Crippen molar-refractivity contribution in [3.63, 3.8) is 0 Å². The highest BCUT2D eigenvalue weighted by Crippen LogP contribution is 2.58. The van der Waals surface area contributed by atoms with Crippen molar-refractivity contribution in [3.8, 4) is 5.75 Å². The number of pyridine rings is 1. The van der Waals surface area contributed by atoms with Gasteiger partial charge in [-0.25, -0.2) is 22.2 Å². The second kappa shape index (κ2) is 14.8. The van der Waals surface area contributed by atoms with Gasteiger partial charge in [0.1, 0.15) is 17.5 Å². The highest BCUT2D eigenvalue weighted by molar-refractivity contribution is 7.91. The molecule has 2 aromatic rings. The Bertz CT molecular complexity index is 2100. The fourth-order valence-electron chi connectivity index (χ4n) is 9.08. The molecule has 56 heavy (non-hydrogen) atoms. The Hall–Kier alpha value is -3.94. The molecule has 1 aromatic heterocycles. The molecule has 0 radical (unpaired) electrons. The highest BCUT2D eigenvalue weighted by atomic mass is 32.2. The largest absolute Gasteiger partial charge is 0.483 e. The van der Waals surface area contributed by atoms with Crippen LogP contribution in [0.5, 0.6) is 5.75 Å². The predicted octanol–water partition coefficient (Wildman–Crippen LogP) is 6.71. The summed E-state index contributed by atoms with van der Waals surface area (Å²) in [5, 5.41) is 0.426. The van der Waals surface area contributed by atoms with Crippen LogP contribution in [0.4, 0.5) is 8.78 Å². The van der Waals surface area contributed by atoms with Gasteiger partial charge in [-0.1, -0.05) is 32.4 Å². The molecule has 0 unspecified atom stereocenters. The smallest absolute Gasteiger partial charge is 0.306 e. The fraction of sp³-hybridized carbons (Fsp3) is 0.643. The standard InChI is InChI=1S/C41H49F2N3O8S.CH4/c1-24-36-28(29-18-30(42)31(43)19-32(29)44-24)13-14-40(54-36)21-33-34(47)22-41(38(50)45-55(51,52)39(2)15-16-39)20-26(41)10-7-5-3-4-6-9-25(37(49)46(33)23-40)17-35(48)53-27-11-8-12-27;/h7,10,18-19,25-27,33H,3-6,8-9,11-17,20-23H2,1-2H3,(H,45,50);1H4/b10-7-;/t25-,26-,33+,40-,41-;/m1./s1. The maximum Gasteiger partial charge on any atom is 0.306 e. The summed E-state index contributed by atoms with van der Waals surface area (Å²) in [4.78, 5) is 62.7. The minimum Gasteiger partial charge on any atom is -0.483 e. The Kier molecular flexibility index (Phi) is 10.6. The number of halogens is 2. The number of carbonyl (C=O) groups excluding carboxylic acids is 4. The zero-order valence-corrected chi connectivity index (χ0v) is 32.3. The molecule has 3 aliphatic heterocycles. The third-order valence-electron chi connectivity index (χ3n) is 13.3. The lowest BCUT2D eigenvalue weighted by Gasteiger charge is -2.36. The molecule has 0 bridgehead atoms. The van der Waals surface area contributed by atoms with Crippen molar-refractivity contribution in [2.45, 2.75) is 147 Å². The predicted molar refractivity (Wildman–Crippen MR) is 204 cm³/mol. The van der Waals surface area contributed by atoms with Crippen LogP contribution in [0.2, 0.25) is 0 Å². The molecule has 11 nitrogen and oxygen atoms in total. The number of sulfonamides is 1. The summed E-state index contributed by atoms with van der Waals surface area (Å²) < 4.78 is 68.8. The zero-order valence-electron chi connectivity index (χ0n) is 31.5. The minimum absolute atomic E-state index is 0. The van der Waals surface area contributed by atoms with Crippen LogP contribution in [0.1, 0.15) is 122 Å². The second-order valence-electron chi connectivity index (χ2n) is 17.3. The van der Waals surface area contributed by atoms with Crippen LogP contribution in [0.25, 0.3) is 10.9 Å². The summed E-state index contributed by atoms with van der Waals surface area (Å²) in [6.45, 7) is 3.34. The number of Topliss-reactive ketones (excluding diaryl/α,β-unsaturated/α-hetero) is 1. The Morgan fingerprint density at radius 3 is 2.50 bits per heavy atom. The third kappa shape index (κ3) is 7.35. The van der Waals surface area contributed by atoms with Gasteiger partial charge in [-0.15, -0.1) is 0 Å². The fourth-order valence-corrected chi connectivity index (χ4v) is 10.4. The first kappa shape index (κ1) is 40.3. The number of carbonyl (C=O) groups is 4. The number of aromatic nitrogens is 1. The van der Waals surface area contributed by atoms with Gasteiger partial charge in [-0.05, 0) is 96.5 Å². The van der Waals surface area contributed by atoms with Crippen molar-refractivity contribution in [2.24, 2.45) is 17.3 Å². The Morgan fingerprint density at radius 1 is 1.04 bits per heavy atom. The van der Waals surface area contributed by atoms with E-state index in [1.807, 2.05) is 12.2 Å². The number of rotatable bonds is 6. The molecule has 4 fully saturated rings. The number of fused-ring (bicyclic) bond motifs is 5. The number of hydrogen-bond donors (Lipinski definition) is 1. The maximum atomic E-state index is 14.8. The molecule has 304 valence electrons. The minimum atomic E-state index is -3.97. The van der Waals surface area contributed by atoms with Crippen molar-refractivity contribution in [1.82, 2.24) is 14.6 Å². The van der Waals surface area contributed by atoms with E-state index >= 15 is 0 Å². The molecule has 3 saturated carbocycles. The van der Waals surface area contributed by atoms with Gasteiger partial charge in [0.05, 0.1) is 40.4 Å². The number of allylic oxidation sites excluding steroid dienone is 2. The van der Waals surface area contributed by atoms with E-state index in [1.165, 1.54) is 4.90 Å². The second-order valence-corrected chi connectivity index (χ2v) is 19.5. The van der Waals surface area contributed by atoms with Crippen molar-refractivity contribution >= 4 is 44.5 Å². The number of esters is 1. The van der Waals surface area contributed by atoms with Crippen LogP contribution in [0.15, 0.2) is 24.3 Å². The molecule has 1 spiro atoms. The Labute approximate surface area is 327 Å². The summed E-state index contributed by atoms with van der Waals surface area (Å²) in [6.07, 6.45) is 11.4. The molecule has 3 aliphatic carbocycles. The first-order valence-electron chi connectivity index (χ1n) is 19.9. The number of amides is 2. The van der Waals surface area contributed by atoms with E-state index in [4.69, 9.17) is 9.47 Å². The number of aryl methyl sites for hydroxylation is 2. The van der Waals surface area contributed by atoms with Gasteiger partial charge < -0.3 is 14.4 Å². The van der Waals surface area contributed by atoms with Crippen molar-refractivity contribution in [1.29, 1.82) is 0 Å². The highest BCUT2D eigenvalue weighted by Gasteiger charge is 2.63. The number of nitrogens with one attached hydrogen (secondary N) is 1. The van der Waals surface area contributed by atoms with E-state index < -0.39 is 61.3 Å². The van der Waals surface area contributed by atoms with Gasteiger partial charge in [0.2, 0.25) is 21.8 Å². The topological polar surface area (TPSA) is 149 Å². The van der Waals surface area contributed by atoms with Crippen LogP contribution in [-0.2, 0) is 40.4 Å². The van der Waals surface area contributed by atoms with E-state index in [-0.39, 0.29) is 56.9 Å². The molecule has 14 heteroatoms. The Morgan fingerprint density at radius 2 is 1.79 bits per heavy atom. The summed E-state index contributed by atoms with van der Waals surface area (Å²) >= 11 is 0. The average Bonchev–Trinajstić information content (AvgIpc) is 4.01. The summed E-state index contributed by atoms with van der Waals surface area (Å²) in [7, 11) is -3.97. The van der Waals surface area contributed by atoms with Crippen LogP contribution < -0.4 is 9.46 Å². The molecule has 8 rings (SSSR count). The first-order valence-corrected chi connectivity index (χ1v) is 21.3. The normalized spacial score (nSPS) is 30.6. The molecular weight excluding hydrogens is 745 g/mol. The van der Waals surface area contributed by atoms with E-state index in [1.54, 1.807) is 13.8 Å². The number of ether oxygens (including phenoxy) is 2. The van der Waals surface area contributed by atoms with E-state index in [0.29, 0.717) is 72.9 Å². The quantitative estimate of drug-likeness (QED) is 0.249. The number of hydrogen-bond acceptors (Lipinski definition) is 9. The van der Waals surface area contributed by atoms with Crippen LogP contribution >= 0.6 is 0 Å². The third-order valence-corrected chi connectivity index (χ3v) is 15.4. The lowest BCUT2D eigenvalue weighted by Crippen LogP contribution is -2.48. The van der Waals surface area contributed by atoms with Gasteiger partial charge >= 0.3 is 5.97 Å². The summed E-state index contributed by atoms with van der Waals surface area (Å²) in [5.41, 5.74) is -0.919. The molecule has 2 amide bonds. The van der Waals surface area contributed by atoms with Gasteiger partial charge in [0.15, 0.2) is 17.4 Å². The van der Waals surface area contributed by atoms with Crippen molar-refractivity contribution in [3.05, 3.63) is 47.2 Å². The molecule has 1 aromatic carbocycles. The summed E-state index contributed by atoms with van der Waals surface area (Å²) in [5.74, 6) is -4.57. The first-order chi connectivity index (χ1) is 26.1. The zero-order chi connectivity index (χ0) is 38.9. The summed E-state index contributed by atoms with van der Waals surface area (Å²) in [6, 6.07) is 1.16. The van der Waals surface area contributed by atoms with E-state index in [2.05, 4.69) is 9.71 Å². The van der Waals surface area contributed by atoms with Crippen LogP contribution in [0, 0.1) is 35.8 Å². The van der Waals surface area contributed by atoms with Gasteiger partial charge in [0.25, 0.3) is 0 Å². The van der Waals surface area contributed by atoms with Crippen molar-refractivity contribution < 1.29 is 45.9 Å². The molecule has 1 N–H and O–H groups in total. The molecule has 1 saturated heterocycles.